The number of nitrogens with two attached hydrogens (primary N) is 1. The Morgan fingerprint density at radius 2 is 1.94 bits per heavy atom. The monoisotopic (exact) mass is 229 g/mol. The van der Waals surface area contributed by atoms with E-state index < -0.39 is 11.7 Å². The molecule has 1 aromatic carbocycles. The van der Waals surface area contributed by atoms with Crippen LogP contribution < -0.4 is 5.73 Å². The molecule has 0 radical (unpaired) electrons. The summed E-state index contributed by atoms with van der Waals surface area (Å²) in [4.78, 5) is 0. The summed E-state index contributed by atoms with van der Waals surface area (Å²) >= 11 is 0. The maximum atomic E-state index is 12.5. The summed E-state index contributed by atoms with van der Waals surface area (Å²) < 4.78 is 37.5. The summed E-state index contributed by atoms with van der Waals surface area (Å²) in [6.45, 7) is 2.14. The van der Waals surface area contributed by atoms with Crippen LogP contribution in [-0.2, 0) is 6.18 Å². The summed E-state index contributed by atoms with van der Waals surface area (Å²) in [5.41, 5.74) is 5.83. The van der Waals surface area contributed by atoms with E-state index in [9.17, 15) is 13.2 Å². The Hall–Kier alpha value is -1.29. The molecular formula is C12H14F3N. The summed E-state index contributed by atoms with van der Waals surface area (Å²) in [6, 6.07) is 3.99. The van der Waals surface area contributed by atoms with Gasteiger partial charge in [-0.05, 0) is 43.1 Å². The number of rotatable bonds is 3. The molecule has 0 aromatic heterocycles. The number of benzene rings is 1. The molecule has 0 unspecified atom stereocenters. The van der Waals surface area contributed by atoms with E-state index in [1.807, 2.05) is 0 Å². The molecule has 1 rings (SSSR count). The van der Waals surface area contributed by atoms with Crippen molar-refractivity contribution < 1.29 is 13.2 Å². The molecular weight excluding hydrogens is 215 g/mol. The fourth-order valence-corrected chi connectivity index (χ4v) is 1.39. The van der Waals surface area contributed by atoms with E-state index in [1.165, 1.54) is 0 Å². The van der Waals surface area contributed by atoms with Gasteiger partial charge in [0.15, 0.2) is 0 Å². The van der Waals surface area contributed by atoms with E-state index in [-0.39, 0.29) is 0 Å². The number of aryl methyl sites for hydroxylation is 1. The standard InChI is InChI=1S/C12H14F3N/c1-9-6-10(4-2-3-5-16)8-11(7-9)12(13,14)15/h2,4,6-8H,3,5,16H2,1H3. The molecule has 1 aromatic rings. The van der Waals surface area contributed by atoms with Crippen molar-refractivity contribution in [3.63, 3.8) is 0 Å². The lowest BCUT2D eigenvalue weighted by Crippen LogP contribution is -2.05. The van der Waals surface area contributed by atoms with Crippen LogP contribution in [0, 0.1) is 6.92 Å². The van der Waals surface area contributed by atoms with E-state index in [4.69, 9.17) is 5.73 Å². The average Bonchev–Trinajstić information content (AvgIpc) is 2.16. The van der Waals surface area contributed by atoms with Crippen molar-refractivity contribution >= 4 is 6.08 Å². The zero-order valence-corrected chi connectivity index (χ0v) is 9.01. The predicted molar refractivity (Wildman–Crippen MR) is 58.9 cm³/mol. The van der Waals surface area contributed by atoms with E-state index in [0.29, 0.717) is 24.1 Å². The molecule has 0 bridgehead atoms. The maximum absolute atomic E-state index is 12.5. The van der Waals surface area contributed by atoms with Crippen molar-refractivity contribution in [1.29, 1.82) is 0 Å². The summed E-state index contributed by atoms with van der Waals surface area (Å²) in [5, 5.41) is 0. The maximum Gasteiger partial charge on any atom is 0.416 e. The molecule has 16 heavy (non-hydrogen) atoms. The zero-order chi connectivity index (χ0) is 12.2. The van der Waals surface area contributed by atoms with Gasteiger partial charge in [0.25, 0.3) is 0 Å². The number of alkyl halides is 3. The lowest BCUT2D eigenvalue weighted by atomic mass is 10.1. The van der Waals surface area contributed by atoms with Gasteiger partial charge in [0.2, 0.25) is 0 Å². The molecule has 0 saturated carbocycles. The van der Waals surface area contributed by atoms with Gasteiger partial charge in [0, 0.05) is 0 Å². The minimum atomic E-state index is -4.29. The number of hydrogen-bond acceptors (Lipinski definition) is 1. The van der Waals surface area contributed by atoms with Crippen molar-refractivity contribution in [2.75, 3.05) is 6.54 Å². The first-order valence-electron chi connectivity index (χ1n) is 4.99. The Labute approximate surface area is 92.8 Å². The molecule has 0 spiro atoms. The first-order chi connectivity index (χ1) is 7.43. The summed E-state index contributed by atoms with van der Waals surface area (Å²) in [5.74, 6) is 0. The molecule has 0 saturated heterocycles. The van der Waals surface area contributed by atoms with Crippen molar-refractivity contribution in [1.82, 2.24) is 0 Å². The van der Waals surface area contributed by atoms with Crippen molar-refractivity contribution in [3.05, 3.63) is 41.0 Å². The third kappa shape index (κ3) is 3.70. The Balaban J connectivity index is 2.99. The van der Waals surface area contributed by atoms with Crippen LogP contribution in [0.15, 0.2) is 24.3 Å². The van der Waals surface area contributed by atoms with Crippen LogP contribution in [0.3, 0.4) is 0 Å². The molecule has 2 N–H and O–H groups in total. The van der Waals surface area contributed by atoms with Gasteiger partial charge < -0.3 is 5.73 Å². The minimum Gasteiger partial charge on any atom is -0.330 e. The fraction of sp³-hybridized carbons (Fsp3) is 0.333. The zero-order valence-electron chi connectivity index (χ0n) is 9.01. The highest BCUT2D eigenvalue weighted by molar-refractivity contribution is 5.52. The summed E-state index contributed by atoms with van der Waals surface area (Å²) in [6.07, 6.45) is -0.193. The van der Waals surface area contributed by atoms with Crippen LogP contribution in [0.2, 0.25) is 0 Å². The fourth-order valence-electron chi connectivity index (χ4n) is 1.39. The van der Waals surface area contributed by atoms with Crippen LogP contribution >= 0.6 is 0 Å². The molecule has 0 atom stereocenters. The predicted octanol–water partition coefficient (Wildman–Crippen LogP) is 3.38. The SMILES string of the molecule is Cc1cc(C=CCCN)cc(C(F)(F)F)c1. The second-order valence-corrected chi connectivity index (χ2v) is 3.61. The molecule has 4 heteroatoms. The van der Waals surface area contributed by atoms with E-state index >= 15 is 0 Å². The van der Waals surface area contributed by atoms with Crippen LogP contribution in [0.4, 0.5) is 13.2 Å². The van der Waals surface area contributed by atoms with Gasteiger partial charge in [-0.15, -0.1) is 0 Å². The lowest BCUT2D eigenvalue weighted by molar-refractivity contribution is -0.137. The summed E-state index contributed by atoms with van der Waals surface area (Å²) in [7, 11) is 0. The highest BCUT2D eigenvalue weighted by Gasteiger charge is 2.30. The van der Waals surface area contributed by atoms with Crippen LogP contribution in [0.5, 0.6) is 0 Å². The second-order valence-electron chi connectivity index (χ2n) is 3.61. The Morgan fingerprint density at radius 3 is 2.50 bits per heavy atom. The highest BCUT2D eigenvalue weighted by Crippen LogP contribution is 2.30. The normalized spacial score (nSPS) is 12.3. The van der Waals surface area contributed by atoms with Crippen LogP contribution in [-0.4, -0.2) is 6.54 Å². The van der Waals surface area contributed by atoms with Gasteiger partial charge >= 0.3 is 6.18 Å². The van der Waals surface area contributed by atoms with Gasteiger partial charge in [0.05, 0.1) is 5.56 Å². The van der Waals surface area contributed by atoms with Crippen LogP contribution in [0.1, 0.15) is 23.1 Å². The van der Waals surface area contributed by atoms with Gasteiger partial charge in [-0.25, -0.2) is 0 Å². The van der Waals surface area contributed by atoms with E-state index in [2.05, 4.69) is 0 Å². The smallest absolute Gasteiger partial charge is 0.330 e. The van der Waals surface area contributed by atoms with Gasteiger partial charge in [0.1, 0.15) is 0 Å². The first-order valence-corrected chi connectivity index (χ1v) is 4.99. The average molecular weight is 229 g/mol. The van der Waals surface area contributed by atoms with Gasteiger partial charge in [-0.3, -0.25) is 0 Å². The molecule has 0 aliphatic heterocycles. The number of hydrogen-bond donors (Lipinski definition) is 1. The number of halogens is 3. The second kappa shape index (κ2) is 5.16. The highest BCUT2D eigenvalue weighted by atomic mass is 19.4. The van der Waals surface area contributed by atoms with Crippen LogP contribution in [0.25, 0.3) is 6.08 Å². The van der Waals surface area contributed by atoms with Gasteiger partial charge in [-0.1, -0.05) is 18.2 Å². The minimum absolute atomic E-state index is 0.494. The third-order valence-electron chi connectivity index (χ3n) is 2.07. The quantitative estimate of drug-likeness (QED) is 0.844. The van der Waals surface area contributed by atoms with Gasteiger partial charge in [-0.2, -0.15) is 13.2 Å². The molecule has 0 fully saturated rings. The lowest BCUT2D eigenvalue weighted by Gasteiger charge is -2.08. The van der Waals surface area contributed by atoms with Crippen molar-refractivity contribution in [2.45, 2.75) is 19.5 Å². The molecule has 0 aliphatic carbocycles. The molecule has 1 nitrogen and oxygen atoms in total. The first kappa shape index (κ1) is 12.8. The molecule has 0 amide bonds. The third-order valence-corrected chi connectivity index (χ3v) is 2.07. The van der Waals surface area contributed by atoms with Crippen molar-refractivity contribution in [3.8, 4) is 0 Å². The Morgan fingerprint density at radius 1 is 1.25 bits per heavy atom. The molecule has 0 aliphatic rings. The van der Waals surface area contributed by atoms with E-state index in [1.54, 1.807) is 25.1 Å². The Kier molecular flexibility index (Phi) is 4.12. The topological polar surface area (TPSA) is 26.0 Å². The molecule has 0 heterocycles. The van der Waals surface area contributed by atoms with E-state index in [0.717, 1.165) is 12.1 Å². The Bertz CT molecular complexity index is 380. The largest absolute Gasteiger partial charge is 0.416 e. The molecule has 88 valence electrons. The van der Waals surface area contributed by atoms with Crippen molar-refractivity contribution in [2.24, 2.45) is 5.73 Å².